The van der Waals surface area contributed by atoms with Crippen LogP contribution in [0.15, 0.2) is 60.7 Å². The van der Waals surface area contributed by atoms with E-state index >= 15 is 0 Å². The third kappa shape index (κ3) is 4.20. The predicted octanol–water partition coefficient (Wildman–Crippen LogP) is 4.13. The lowest BCUT2D eigenvalue weighted by Gasteiger charge is -2.31. The standard InChI is InChI=1S/C20H25NO/c1-2-3-14-20(19(21)22,15-17-10-6-4-7-11-17)16-18-12-8-5-9-13-18/h4-13H,2-3,14-16H2,1H3,(H2,21,22). The van der Waals surface area contributed by atoms with Crippen molar-refractivity contribution in [3.8, 4) is 0 Å². The van der Waals surface area contributed by atoms with E-state index in [1.165, 1.54) is 11.1 Å². The number of carbonyl (C=O) groups is 1. The third-order valence-electron chi connectivity index (χ3n) is 4.30. The summed E-state index contributed by atoms with van der Waals surface area (Å²) in [4.78, 5) is 12.4. The SMILES string of the molecule is CCCCC(Cc1ccccc1)(Cc1ccccc1)C(N)=O. The molecule has 0 heterocycles. The van der Waals surface area contributed by atoms with E-state index in [0.29, 0.717) is 12.8 Å². The van der Waals surface area contributed by atoms with Crippen molar-refractivity contribution in [3.05, 3.63) is 71.8 Å². The Morgan fingerprint density at radius 3 is 1.73 bits per heavy atom. The van der Waals surface area contributed by atoms with Crippen LogP contribution >= 0.6 is 0 Å². The largest absolute Gasteiger partial charge is 0.369 e. The first-order chi connectivity index (χ1) is 10.7. The van der Waals surface area contributed by atoms with Gasteiger partial charge in [-0.25, -0.2) is 0 Å². The molecule has 2 heteroatoms. The molecule has 22 heavy (non-hydrogen) atoms. The van der Waals surface area contributed by atoms with Gasteiger partial charge in [0, 0.05) is 0 Å². The van der Waals surface area contributed by atoms with Crippen LogP contribution in [0.5, 0.6) is 0 Å². The lowest BCUT2D eigenvalue weighted by Crippen LogP contribution is -2.41. The van der Waals surface area contributed by atoms with Crippen molar-refractivity contribution in [2.24, 2.45) is 11.1 Å². The Morgan fingerprint density at radius 1 is 0.909 bits per heavy atom. The zero-order valence-corrected chi connectivity index (χ0v) is 13.3. The summed E-state index contributed by atoms with van der Waals surface area (Å²) in [5.41, 5.74) is 7.72. The lowest BCUT2D eigenvalue weighted by molar-refractivity contribution is -0.128. The topological polar surface area (TPSA) is 43.1 Å². The molecule has 0 saturated carbocycles. The van der Waals surface area contributed by atoms with Crippen LogP contribution in [-0.4, -0.2) is 5.91 Å². The zero-order valence-electron chi connectivity index (χ0n) is 13.3. The Hall–Kier alpha value is -2.09. The number of carbonyl (C=O) groups excluding carboxylic acids is 1. The highest BCUT2D eigenvalue weighted by atomic mass is 16.1. The van der Waals surface area contributed by atoms with Gasteiger partial charge in [0.15, 0.2) is 0 Å². The highest BCUT2D eigenvalue weighted by Crippen LogP contribution is 2.33. The summed E-state index contributed by atoms with van der Waals surface area (Å²) < 4.78 is 0. The van der Waals surface area contributed by atoms with E-state index in [4.69, 9.17) is 5.73 Å². The van der Waals surface area contributed by atoms with Gasteiger partial charge in [-0.1, -0.05) is 80.4 Å². The number of rotatable bonds is 8. The average molecular weight is 295 g/mol. The Balaban J connectivity index is 2.30. The lowest BCUT2D eigenvalue weighted by atomic mass is 9.72. The molecular weight excluding hydrogens is 270 g/mol. The van der Waals surface area contributed by atoms with Gasteiger partial charge in [0.2, 0.25) is 5.91 Å². The van der Waals surface area contributed by atoms with E-state index in [-0.39, 0.29) is 5.91 Å². The van der Waals surface area contributed by atoms with E-state index in [1.54, 1.807) is 0 Å². The highest BCUT2D eigenvalue weighted by Gasteiger charge is 2.36. The Labute approximate surface area is 133 Å². The second kappa shape index (κ2) is 7.79. The maximum absolute atomic E-state index is 12.4. The van der Waals surface area contributed by atoms with Crippen LogP contribution in [0, 0.1) is 5.41 Å². The van der Waals surface area contributed by atoms with Crippen molar-refractivity contribution in [2.45, 2.75) is 39.0 Å². The number of hydrogen-bond acceptors (Lipinski definition) is 1. The summed E-state index contributed by atoms with van der Waals surface area (Å²) in [6, 6.07) is 20.4. The summed E-state index contributed by atoms with van der Waals surface area (Å²) in [7, 11) is 0. The fourth-order valence-electron chi connectivity index (χ4n) is 3.03. The molecule has 2 aromatic carbocycles. The maximum Gasteiger partial charge on any atom is 0.224 e. The second-order valence-corrected chi connectivity index (χ2v) is 6.07. The fraction of sp³-hybridized carbons (Fsp3) is 0.350. The molecule has 0 bridgehead atoms. The average Bonchev–Trinajstić information content (AvgIpc) is 2.54. The van der Waals surface area contributed by atoms with E-state index in [0.717, 1.165) is 19.3 Å². The van der Waals surface area contributed by atoms with Crippen molar-refractivity contribution in [1.82, 2.24) is 0 Å². The summed E-state index contributed by atoms with van der Waals surface area (Å²) in [6.07, 6.45) is 4.33. The van der Waals surface area contributed by atoms with Crippen LogP contribution in [0.2, 0.25) is 0 Å². The summed E-state index contributed by atoms with van der Waals surface area (Å²) in [5.74, 6) is -0.186. The van der Waals surface area contributed by atoms with Crippen LogP contribution in [0.4, 0.5) is 0 Å². The number of hydrogen-bond donors (Lipinski definition) is 1. The molecule has 2 nitrogen and oxygen atoms in total. The molecule has 0 aliphatic rings. The monoisotopic (exact) mass is 295 g/mol. The highest BCUT2D eigenvalue weighted by molar-refractivity contribution is 5.81. The van der Waals surface area contributed by atoms with Gasteiger partial charge < -0.3 is 5.73 Å². The van der Waals surface area contributed by atoms with E-state index in [1.807, 2.05) is 36.4 Å². The number of primary amides is 1. The van der Waals surface area contributed by atoms with Gasteiger partial charge in [-0.2, -0.15) is 0 Å². The Morgan fingerprint density at radius 2 is 1.36 bits per heavy atom. The number of amides is 1. The molecule has 0 atom stereocenters. The molecule has 0 aliphatic heterocycles. The molecular formula is C20H25NO. The van der Waals surface area contributed by atoms with Crippen LogP contribution in [0.3, 0.4) is 0 Å². The molecule has 2 rings (SSSR count). The van der Waals surface area contributed by atoms with Crippen molar-refractivity contribution in [1.29, 1.82) is 0 Å². The predicted molar refractivity (Wildman–Crippen MR) is 91.4 cm³/mol. The Bertz CT molecular complexity index is 536. The number of nitrogens with two attached hydrogens (primary N) is 1. The Kier molecular flexibility index (Phi) is 5.76. The van der Waals surface area contributed by atoms with Gasteiger partial charge in [0.05, 0.1) is 5.41 Å². The van der Waals surface area contributed by atoms with Crippen LogP contribution in [0.1, 0.15) is 37.3 Å². The van der Waals surface area contributed by atoms with Gasteiger partial charge in [0.1, 0.15) is 0 Å². The summed E-state index contributed by atoms with van der Waals surface area (Å²) in [5, 5.41) is 0. The molecule has 0 aliphatic carbocycles. The molecule has 0 aromatic heterocycles. The van der Waals surface area contributed by atoms with Gasteiger partial charge in [-0.15, -0.1) is 0 Å². The van der Waals surface area contributed by atoms with Crippen molar-refractivity contribution >= 4 is 5.91 Å². The molecule has 0 radical (unpaired) electrons. The smallest absolute Gasteiger partial charge is 0.224 e. The molecule has 2 N–H and O–H groups in total. The first-order valence-electron chi connectivity index (χ1n) is 8.04. The quantitative estimate of drug-likeness (QED) is 0.781. The molecule has 1 amide bonds. The number of benzene rings is 2. The normalized spacial score (nSPS) is 11.3. The first kappa shape index (κ1) is 16.3. The maximum atomic E-state index is 12.4. The molecule has 0 fully saturated rings. The zero-order chi connectivity index (χ0) is 15.8. The van der Waals surface area contributed by atoms with Crippen LogP contribution in [0.25, 0.3) is 0 Å². The van der Waals surface area contributed by atoms with Crippen molar-refractivity contribution in [2.75, 3.05) is 0 Å². The summed E-state index contributed by atoms with van der Waals surface area (Å²) >= 11 is 0. The van der Waals surface area contributed by atoms with Crippen molar-refractivity contribution in [3.63, 3.8) is 0 Å². The molecule has 2 aromatic rings. The molecule has 0 spiro atoms. The van der Waals surface area contributed by atoms with E-state index in [9.17, 15) is 4.79 Å². The van der Waals surface area contributed by atoms with Gasteiger partial charge in [0.25, 0.3) is 0 Å². The van der Waals surface area contributed by atoms with Crippen LogP contribution in [-0.2, 0) is 17.6 Å². The van der Waals surface area contributed by atoms with Crippen molar-refractivity contribution < 1.29 is 4.79 Å². The second-order valence-electron chi connectivity index (χ2n) is 6.07. The van der Waals surface area contributed by atoms with E-state index in [2.05, 4.69) is 31.2 Å². The first-order valence-corrected chi connectivity index (χ1v) is 8.04. The van der Waals surface area contributed by atoms with Gasteiger partial charge in [-0.05, 0) is 30.4 Å². The fourth-order valence-corrected chi connectivity index (χ4v) is 3.03. The minimum absolute atomic E-state index is 0.186. The molecule has 0 unspecified atom stereocenters. The molecule has 0 saturated heterocycles. The number of unbranched alkanes of at least 4 members (excludes halogenated alkanes) is 1. The van der Waals surface area contributed by atoms with Gasteiger partial charge >= 0.3 is 0 Å². The minimum Gasteiger partial charge on any atom is -0.369 e. The minimum atomic E-state index is -0.501. The molecule has 116 valence electrons. The summed E-state index contributed by atoms with van der Waals surface area (Å²) in [6.45, 7) is 2.15. The third-order valence-corrected chi connectivity index (χ3v) is 4.30. The van der Waals surface area contributed by atoms with Crippen LogP contribution < -0.4 is 5.73 Å². The van der Waals surface area contributed by atoms with Gasteiger partial charge in [-0.3, -0.25) is 4.79 Å². The van der Waals surface area contributed by atoms with E-state index < -0.39 is 5.41 Å².